The van der Waals surface area contributed by atoms with Crippen molar-refractivity contribution < 1.29 is 12.8 Å². The zero-order valence-corrected chi connectivity index (χ0v) is 9.46. The summed E-state index contributed by atoms with van der Waals surface area (Å²) >= 11 is 0. The molecule has 1 rings (SSSR count). The molecule has 0 saturated heterocycles. The molecule has 0 aliphatic rings. The Morgan fingerprint density at radius 1 is 1.44 bits per heavy atom. The number of hydrogen-bond acceptors (Lipinski definition) is 3. The number of nitriles is 1. The highest BCUT2D eigenvalue weighted by molar-refractivity contribution is 7.89. The van der Waals surface area contributed by atoms with E-state index < -0.39 is 21.8 Å². The second-order valence-electron chi connectivity index (χ2n) is 3.34. The Kier molecular flexibility index (Phi) is 3.99. The summed E-state index contributed by atoms with van der Waals surface area (Å²) in [4.78, 5) is -0.0148. The highest BCUT2D eigenvalue weighted by Gasteiger charge is 2.14. The Labute approximate surface area is 93.8 Å². The minimum atomic E-state index is -3.65. The van der Waals surface area contributed by atoms with Gasteiger partial charge in [0.15, 0.2) is 0 Å². The van der Waals surface area contributed by atoms with E-state index in [0.717, 1.165) is 12.1 Å². The van der Waals surface area contributed by atoms with E-state index in [1.54, 1.807) is 6.92 Å². The molecule has 0 aliphatic carbocycles. The van der Waals surface area contributed by atoms with Gasteiger partial charge in [-0.2, -0.15) is 5.26 Å². The molecule has 86 valence electrons. The van der Waals surface area contributed by atoms with E-state index in [0.29, 0.717) is 0 Å². The van der Waals surface area contributed by atoms with Crippen molar-refractivity contribution in [3.8, 4) is 6.07 Å². The van der Waals surface area contributed by atoms with Gasteiger partial charge in [-0.25, -0.2) is 17.5 Å². The third kappa shape index (κ3) is 3.29. The molecule has 0 aromatic heterocycles. The lowest BCUT2D eigenvalue weighted by atomic mass is 10.2. The summed E-state index contributed by atoms with van der Waals surface area (Å²) in [6.45, 7) is 1.64. The molecule has 0 bridgehead atoms. The SMILES string of the molecule is CC(C#N)CNS(=O)(=O)c1ccc(F)cc1. The number of nitrogens with zero attached hydrogens (tertiary/aromatic N) is 1. The van der Waals surface area contributed by atoms with Gasteiger partial charge in [-0.05, 0) is 31.2 Å². The first-order valence-electron chi connectivity index (χ1n) is 4.60. The average molecular weight is 242 g/mol. The van der Waals surface area contributed by atoms with Crippen molar-refractivity contribution in [3.63, 3.8) is 0 Å². The standard InChI is InChI=1S/C10H11FN2O2S/c1-8(6-12)7-13-16(14,15)10-4-2-9(11)3-5-10/h2-5,8,13H,7H2,1H3. The van der Waals surface area contributed by atoms with E-state index in [-0.39, 0.29) is 11.4 Å². The molecule has 0 saturated carbocycles. The fourth-order valence-electron chi connectivity index (χ4n) is 0.977. The number of sulfonamides is 1. The van der Waals surface area contributed by atoms with Crippen LogP contribution in [0.2, 0.25) is 0 Å². The quantitative estimate of drug-likeness (QED) is 0.864. The van der Waals surface area contributed by atoms with Crippen LogP contribution in [0.5, 0.6) is 0 Å². The Morgan fingerprint density at radius 3 is 2.50 bits per heavy atom. The lowest BCUT2D eigenvalue weighted by Crippen LogP contribution is -2.27. The number of rotatable bonds is 4. The third-order valence-corrected chi connectivity index (χ3v) is 3.36. The largest absolute Gasteiger partial charge is 0.240 e. The van der Waals surface area contributed by atoms with E-state index in [1.165, 1.54) is 12.1 Å². The molecule has 0 heterocycles. The van der Waals surface area contributed by atoms with Crippen molar-refractivity contribution in [3.05, 3.63) is 30.1 Å². The third-order valence-electron chi connectivity index (χ3n) is 1.92. The lowest BCUT2D eigenvalue weighted by Gasteiger charge is -2.07. The number of benzene rings is 1. The summed E-state index contributed by atoms with van der Waals surface area (Å²) in [5.74, 6) is -0.903. The summed E-state index contributed by atoms with van der Waals surface area (Å²) in [6.07, 6.45) is 0. The van der Waals surface area contributed by atoms with E-state index in [4.69, 9.17) is 5.26 Å². The van der Waals surface area contributed by atoms with Crippen molar-refractivity contribution in [1.82, 2.24) is 4.72 Å². The van der Waals surface area contributed by atoms with Gasteiger partial charge in [-0.3, -0.25) is 0 Å². The fourth-order valence-corrected chi connectivity index (χ4v) is 2.11. The second kappa shape index (κ2) is 5.05. The lowest BCUT2D eigenvalue weighted by molar-refractivity contribution is 0.572. The maximum atomic E-state index is 12.6. The first kappa shape index (κ1) is 12.6. The van der Waals surface area contributed by atoms with E-state index in [2.05, 4.69) is 4.72 Å². The molecule has 0 radical (unpaired) electrons. The van der Waals surface area contributed by atoms with Crippen LogP contribution in [0, 0.1) is 23.1 Å². The van der Waals surface area contributed by atoms with Gasteiger partial charge in [-0.15, -0.1) is 0 Å². The van der Waals surface area contributed by atoms with Crippen LogP contribution in [-0.2, 0) is 10.0 Å². The molecule has 4 nitrogen and oxygen atoms in total. The minimum absolute atomic E-state index is 0.0148. The molecule has 16 heavy (non-hydrogen) atoms. The maximum absolute atomic E-state index is 12.6. The zero-order valence-electron chi connectivity index (χ0n) is 8.64. The summed E-state index contributed by atoms with van der Waals surface area (Å²) in [5.41, 5.74) is 0. The van der Waals surface area contributed by atoms with Gasteiger partial charge in [0.1, 0.15) is 5.82 Å². The van der Waals surface area contributed by atoms with Crippen LogP contribution in [-0.4, -0.2) is 15.0 Å². The van der Waals surface area contributed by atoms with Gasteiger partial charge < -0.3 is 0 Å². The fraction of sp³-hybridized carbons (Fsp3) is 0.300. The van der Waals surface area contributed by atoms with Crippen molar-refractivity contribution in [2.45, 2.75) is 11.8 Å². The number of hydrogen-bond donors (Lipinski definition) is 1. The Morgan fingerprint density at radius 2 is 2.00 bits per heavy atom. The van der Waals surface area contributed by atoms with Crippen LogP contribution in [0.15, 0.2) is 29.2 Å². The van der Waals surface area contributed by atoms with Crippen LogP contribution in [0.25, 0.3) is 0 Å². The molecule has 0 spiro atoms. The van der Waals surface area contributed by atoms with Gasteiger partial charge in [-0.1, -0.05) is 0 Å². The molecule has 1 N–H and O–H groups in total. The molecule has 0 amide bonds. The summed E-state index contributed by atoms with van der Waals surface area (Å²) in [7, 11) is -3.65. The van der Waals surface area contributed by atoms with Crippen molar-refractivity contribution in [1.29, 1.82) is 5.26 Å². The Hall–Kier alpha value is -1.45. The highest BCUT2D eigenvalue weighted by atomic mass is 32.2. The van der Waals surface area contributed by atoms with Gasteiger partial charge in [0.25, 0.3) is 0 Å². The second-order valence-corrected chi connectivity index (χ2v) is 5.10. The average Bonchev–Trinajstić information content (AvgIpc) is 2.26. The maximum Gasteiger partial charge on any atom is 0.240 e. The van der Waals surface area contributed by atoms with Crippen LogP contribution in [0.3, 0.4) is 0 Å². The Bertz CT molecular complexity index is 491. The predicted molar refractivity (Wildman–Crippen MR) is 56.4 cm³/mol. The predicted octanol–water partition coefficient (Wildman–Crippen LogP) is 1.26. The molecular weight excluding hydrogens is 231 g/mol. The molecule has 1 aromatic rings. The van der Waals surface area contributed by atoms with Gasteiger partial charge >= 0.3 is 0 Å². The molecule has 0 fully saturated rings. The molecule has 1 aromatic carbocycles. The van der Waals surface area contributed by atoms with Gasteiger partial charge in [0.05, 0.1) is 16.9 Å². The van der Waals surface area contributed by atoms with E-state index in [1.807, 2.05) is 6.07 Å². The van der Waals surface area contributed by atoms with Gasteiger partial charge in [0, 0.05) is 6.54 Å². The van der Waals surface area contributed by atoms with E-state index in [9.17, 15) is 12.8 Å². The summed E-state index contributed by atoms with van der Waals surface area (Å²) in [5, 5.41) is 8.50. The van der Waals surface area contributed by atoms with Gasteiger partial charge in [0.2, 0.25) is 10.0 Å². The highest BCUT2D eigenvalue weighted by Crippen LogP contribution is 2.09. The van der Waals surface area contributed by atoms with Crippen molar-refractivity contribution in [2.24, 2.45) is 5.92 Å². The van der Waals surface area contributed by atoms with Crippen molar-refractivity contribution >= 4 is 10.0 Å². The number of nitrogens with one attached hydrogen (secondary N) is 1. The van der Waals surface area contributed by atoms with Crippen LogP contribution in [0.1, 0.15) is 6.92 Å². The summed E-state index contributed by atoms with van der Waals surface area (Å²) < 4.78 is 38.1. The molecular formula is C10H11FN2O2S. The smallest absolute Gasteiger partial charge is 0.210 e. The molecule has 6 heteroatoms. The first-order valence-corrected chi connectivity index (χ1v) is 6.09. The van der Waals surface area contributed by atoms with E-state index >= 15 is 0 Å². The number of halogens is 1. The summed E-state index contributed by atoms with van der Waals surface area (Å²) in [6, 6.07) is 6.41. The topological polar surface area (TPSA) is 70.0 Å². The molecule has 1 unspecified atom stereocenters. The van der Waals surface area contributed by atoms with Crippen LogP contribution < -0.4 is 4.72 Å². The Balaban J connectivity index is 2.79. The zero-order chi connectivity index (χ0) is 12.2. The van der Waals surface area contributed by atoms with Crippen molar-refractivity contribution in [2.75, 3.05) is 6.54 Å². The minimum Gasteiger partial charge on any atom is -0.210 e. The first-order chi connectivity index (χ1) is 7.45. The molecule has 0 aliphatic heterocycles. The van der Waals surface area contributed by atoms with Crippen LogP contribution >= 0.6 is 0 Å². The normalized spacial score (nSPS) is 13.1. The molecule has 1 atom stereocenters. The van der Waals surface area contributed by atoms with Crippen LogP contribution in [0.4, 0.5) is 4.39 Å². The monoisotopic (exact) mass is 242 g/mol.